The van der Waals surface area contributed by atoms with Gasteiger partial charge >= 0.3 is 0 Å². The summed E-state index contributed by atoms with van der Waals surface area (Å²) in [5.74, 6) is -0.588. The number of halogens is 1. The number of sulfonamides is 1. The quantitative estimate of drug-likeness (QED) is 0.860. The molecule has 0 spiro atoms. The normalized spacial score (nSPS) is 18.0. The average Bonchev–Trinajstić information content (AvgIpc) is 2.14. The second-order valence-corrected chi connectivity index (χ2v) is 6.22. The number of hydrogen-bond acceptors (Lipinski definition) is 3. The molecule has 1 aromatic rings. The van der Waals surface area contributed by atoms with E-state index in [1.54, 1.807) is 6.07 Å². The first-order valence-electron chi connectivity index (χ1n) is 5.34. The Labute approximate surface area is 99.7 Å². The fourth-order valence-electron chi connectivity index (χ4n) is 1.79. The number of hydrogen-bond donors (Lipinski definition) is 1. The smallest absolute Gasteiger partial charge is 0.218 e. The topological polar surface area (TPSA) is 57.6 Å². The van der Waals surface area contributed by atoms with E-state index < -0.39 is 15.8 Å². The number of rotatable bonds is 4. The second kappa shape index (κ2) is 4.72. The Morgan fingerprint density at radius 1 is 1.41 bits per heavy atom. The number of benzene rings is 1. The average molecular weight is 259 g/mol. The molecule has 94 valence electrons. The molecule has 2 rings (SSSR count). The van der Waals surface area contributed by atoms with Gasteiger partial charge in [0.05, 0.1) is 5.75 Å². The van der Waals surface area contributed by atoms with E-state index in [1.807, 2.05) is 0 Å². The van der Waals surface area contributed by atoms with Crippen LogP contribution in [0.5, 0.6) is 0 Å². The van der Waals surface area contributed by atoms with Crippen LogP contribution in [0.25, 0.3) is 0 Å². The lowest BCUT2D eigenvalue weighted by Crippen LogP contribution is -2.51. The molecule has 0 bridgehead atoms. The van der Waals surface area contributed by atoms with Crippen molar-refractivity contribution in [2.45, 2.75) is 5.75 Å². The molecule has 0 radical (unpaired) electrons. The van der Waals surface area contributed by atoms with Crippen LogP contribution in [0.4, 0.5) is 4.39 Å². The van der Waals surface area contributed by atoms with E-state index in [-0.39, 0.29) is 18.3 Å². The summed E-state index contributed by atoms with van der Waals surface area (Å²) in [5.41, 5.74) is 0.442. The molecule has 0 saturated carbocycles. The third kappa shape index (κ3) is 2.83. The molecule has 0 aliphatic carbocycles. The Kier molecular flexibility index (Phi) is 3.46. The maximum absolute atomic E-state index is 12.9. The van der Waals surface area contributed by atoms with Gasteiger partial charge in [0, 0.05) is 25.6 Å². The zero-order valence-corrected chi connectivity index (χ0v) is 10.0. The van der Waals surface area contributed by atoms with Crippen molar-refractivity contribution < 1.29 is 17.9 Å². The Morgan fingerprint density at radius 2 is 2.12 bits per heavy atom. The third-order valence-corrected chi connectivity index (χ3v) is 4.60. The number of nitrogens with zero attached hydrogens (tertiary/aromatic N) is 1. The van der Waals surface area contributed by atoms with Crippen molar-refractivity contribution in [1.82, 2.24) is 4.31 Å². The van der Waals surface area contributed by atoms with Gasteiger partial charge in [0.15, 0.2) is 0 Å². The lowest BCUT2D eigenvalue weighted by Gasteiger charge is -2.36. The Bertz CT molecular complexity index is 497. The molecule has 0 aromatic heterocycles. The minimum absolute atomic E-state index is 0.00594. The van der Waals surface area contributed by atoms with Crippen molar-refractivity contribution in [3.8, 4) is 0 Å². The monoisotopic (exact) mass is 259 g/mol. The lowest BCUT2D eigenvalue weighted by molar-refractivity contribution is 0.117. The summed E-state index contributed by atoms with van der Waals surface area (Å²) in [5, 5.41) is 8.82. The first-order valence-corrected chi connectivity index (χ1v) is 6.95. The van der Waals surface area contributed by atoms with Crippen LogP contribution < -0.4 is 0 Å². The molecule has 0 unspecified atom stereocenters. The van der Waals surface area contributed by atoms with Crippen LogP contribution in [-0.4, -0.2) is 37.5 Å². The minimum Gasteiger partial charge on any atom is -0.396 e. The van der Waals surface area contributed by atoms with E-state index in [0.29, 0.717) is 18.7 Å². The fraction of sp³-hybridized carbons (Fsp3) is 0.455. The standard InChI is InChI=1S/C11H14FNO3S/c12-11-3-1-2-9(4-11)8-17(15,16)13-5-10(6-13)7-14/h1-4,10,14H,5-8H2. The van der Waals surface area contributed by atoms with E-state index in [0.717, 1.165) is 0 Å². The molecule has 0 amide bonds. The van der Waals surface area contributed by atoms with E-state index in [2.05, 4.69) is 0 Å². The van der Waals surface area contributed by atoms with Gasteiger partial charge in [0.25, 0.3) is 0 Å². The fourth-order valence-corrected chi connectivity index (χ4v) is 3.45. The van der Waals surface area contributed by atoms with Crippen LogP contribution >= 0.6 is 0 Å². The molecule has 1 aliphatic heterocycles. The molecule has 1 aliphatic rings. The minimum atomic E-state index is -3.38. The van der Waals surface area contributed by atoms with Gasteiger partial charge in [-0.15, -0.1) is 0 Å². The summed E-state index contributed by atoms with van der Waals surface area (Å²) >= 11 is 0. The summed E-state index contributed by atoms with van der Waals surface area (Å²) < 4.78 is 38.0. The van der Waals surface area contributed by atoms with Gasteiger partial charge in [-0.05, 0) is 17.7 Å². The Morgan fingerprint density at radius 3 is 2.71 bits per heavy atom. The summed E-state index contributed by atoms with van der Waals surface area (Å²) in [7, 11) is -3.38. The molecule has 6 heteroatoms. The SMILES string of the molecule is O=S(=O)(Cc1cccc(F)c1)N1CC(CO)C1. The molecule has 0 atom stereocenters. The van der Waals surface area contributed by atoms with Crippen LogP contribution in [0.2, 0.25) is 0 Å². The van der Waals surface area contributed by atoms with Gasteiger partial charge in [-0.25, -0.2) is 17.1 Å². The van der Waals surface area contributed by atoms with E-state index in [1.165, 1.54) is 22.5 Å². The molecular formula is C11H14FNO3S. The van der Waals surface area contributed by atoms with Gasteiger partial charge in [0.1, 0.15) is 5.82 Å². The highest BCUT2D eigenvalue weighted by Crippen LogP contribution is 2.21. The van der Waals surface area contributed by atoms with Crippen molar-refractivity contribution in [1.29, 1.82) is 0 Å². The number of aliphatic hydroxyl groups excluding tert-OH is 1. The van der Waals surface area contributed by atoms with Crippen LogP contribution in [0.15, 0.2) is 24.3 Å². The predicted molar refractivity (Wildman–Crippen MR) is 61.2 cm³/mol. The lowest BCUT2D eigenvalue weighted by atomic mass is 10.1. The van der Waals surface area contributed by atoms with E-state index in [9.17, 15) is 12.8 Å². The first kappa shape index (κ1) is 12.5. The maximum Gasteiger partial charge on any atom is 0.218 e. The van der Waals surface area contributed by atoms with Gasteiger partial charge in [-0.1, -0.05) is 12.1 Å². The highest BCUT2D eigenvalue weighted by atomic mass is 32.2. The van der Waals surface area contributed by atoms with Crippen molar-refractivity contribution in [3.05, 3.63) is 35.6 Å². The predicted octanol–water partition coefficient (Wildman–Crippen LogP) is 0.580. The van der Waals surface area contributed by atoms with Crippen LogP contribution in [0.1, 0.15) is 5.56 Å². The molecule has 1 fully saturated rings. The summed E-state index contributed by atoms with van der Waals surface area (Å²) in [6.07, 6.45) is 0. The highest BCUT2D eigenvalue weighted by molar-refractivity contribution is 7.88. The van der Waals surface area contributed by atoms with Crippen LogP contribution in [0, 0.1) is 11.7 Å². The van der Waals surface area contributed by atoms with Gasteiger partial charge in [-0.3, -0.25) is 0 Å². The Balaban J connectivity index is 2.03. The Hall–Kier alpha value is -0.980. The molecule has 4 nitrogen and oxygen atoms in total. The van der Waals surface area contributed by atoms with E-state index >= 15 is 0 Å². The van der Waals surface area contributed by atoms with Crippen LogP contribution in [-0.2, 0) is 15.8 Å². The van der Waals surface area contributed by atoms with Crippen molar-refractivity contribution in [2.75, 3.05) is 19.7 Å². The van der Waals surface area contributed by atoms with E-state index in [4.69, 9.17) is 5.11 Å². The molecule has 1 N–H and O–H groups in total. The summed E-state index contributed by atoms with van der Waals surface area (Å²) in [4.78, 5) is 0. The van der Waals surface area contributed by atoms with Crippen molar-refractivity contribution >= 4 is 10.0 Å². The molecule has 17 heavy (non-hydrogen) atoms. The third-order valence-electron chi connectivity index (χ3n) is 2.81. The summed E-state index contributed by atoms with van der Waals surface area (Å²) in [6, 6.07) is 5.58. The molecular weight excluding hydrogens is 245 g/mol. The van der Waals surface area contributed by atoms with Crippen LogP contribution in [0.3, 0.4) is 0 Å². The van der Waals surface area contributed by atoms with Gasteiger partial charge in [-0.2, -0.15) is 0 Å². The second-order valence-electron chi connectivity index (χ2n) is 4.25. The van der Waals surface area contributed by atoms with Gasteiger partial charge < -0.3 is 5.11 Å². The molecule has 1 aromatic carbocycles. The zero-order valence-electron chi connectivity index (χ0n) is 9.21. The maximum atomic E-state index is 12.9. The first-order chi connectivity index (χ1) is 8.01. The van der Waals surface area contributed by atoms with Gasteiger partial charge in [0.2, 0.25) is 10.0 Å². The zero-order chi connectivity index (χ0) is 12.5. The van der Waals surface area contributed by atoms with Crippen molar-refractivity contribution in [3.63, 3.8) is 0 Å². The van der Waals surface area contributed by atoms with Crippen molar-refractivity contribution in [2.24, 2.45) is 5.92 Å². The molecule has 1 heterocycles. The highest BCUT2D eigenvalue weighted by Gasteiger charge is 2.35. The summed E-state index contributed by atoms with van der Waals surface area (Å²) in [6.45, 7) is 0.717. The number of aliphatic hydroxyl groups is 1. The largest absolute Gasteiger partial charge is 0.396 e. The molecule has 1 saturated heterocycles.